The van der Waals surface area contributed by atoms with E-state index in [0.717, 1.165) is 0 Å². The van der Waals surface area contributed by atoms with Crippen molar-refractivity contribution in [2.24, 2.45) is 0 Å². The number of rotatable bonds is 0. The van der Waals surface area contributed by atoms with Gasteiger partial charge in [-0.2, -0.15) is 0 Å². The zero-order valence-electron chi connectivity index (χ0n) is 2.46. The topological polar surface area (TPSA) is 0 Å². The first-order valence-electron chi connectivity index (χ1n) is 1.19. The summed E-state index contributed by atoms with van der Waals surface area (Å²) in [5.41, 5.74) is 2.31. The van der Waals surface area contributed by atoms with E-state index in [9.17, 15) is 0 Å². The van der Waals surface area contributed by atoms with Crippen molar-refractivity contribution in [1.82, 2.24) is 0 Å². The van der Waals surface area contributed by atoms with Crippen LogP contribution in [-0.2, 0) is 0 Å². The Hall–Kier alpha value is 1.13. The van der Waals surface area contributed by atoms with E-state index >= 15 is 0 Å². The zero-order chi connectivity index (χ0) is 3.54. The molecule has 0 amide bonds. The third-order valence-electron chi connectivity index (χ3n) is 0.283. The van der Waals surface area contributed by atoms with E-state index in [4.69, 9.17) is 0 Å². The Bertz CT molecular complexity index is 64.1. The van der Waals surface area contributed by atoms with Crippen LogP contribution in [0.5, 0.6) is 0 Å². The average Bonchev–Trinajstić information content (AvgIpc) is 1.76. The molecule has 0 saturated heterocycles. The van der Waals surface area contributed by atoms with Crippen molar-refractivity contribution >= 4 is 33.9 Å². The molecule has 0 unspecified atom stereocenters. The Morgan fingerprint density at radius 3 is 2.80 bits per heavy atom. The van der Waals surface area contributed by atoms with E-state index in [2.05, 4.69) is 9.34 Å². The van der Waals surface area contributed by atoms with Crippen molar-refractivity contribution in [3.63, 3.8) is 0 Å². The molecule has 0 aliphatic carbocycles. The summed E-state index contributed by atoms with van der Waals surface area (Å²) in [4.78, 5) is 0. The molecule has 1 aromatic heterocycles. The molecule has 26 valence electrons. The molecule has 1 rings (SSSR count). The minimum atomic E-state index is 0.384. The Morgan fingerprint density at radius 1 is 1.60 bits per heavy atom. The van der Waals surface area contributed by atoms with Gasteiger partial charge in [0, 0.05) is 0 Å². The van der Waals surface area contributed by atoms with Gasteiger partial charge in [0.05, 0.1) is 0 Å². The molecule has 3 heteroatoms. The molecule has 0 spiro atoms. The van der Waals surface area contributed by atoms with Crippen molar-refractivity contribution in [2.75, 3.05) is 0 Å². The molecule has 0 fully saturated rings. The van der Waals surface area contributed by atoms with Crippen LogP contribution in [0.15, 0.2) is 9.34 Å². The van der Waals surface area contributed by atoms with Gasteiger partial charge in [0.15, 0.2) is 0 Å². The van der Waals surface area contributed by atoms with Crippen LogP contribution in [0.2, 0.25) is 0 Å². The first kappa shape index (κ1) is 4.29. The van der Waals surface area contributed by atoms with Crippen molar-refractivity contribution in [1.29, 1.82) is 0 Å². The summed E-state index contributed by atoms with van der Waals surface area (Å²) in [5.74, 6) is 1.63. The predicted molar refractivity (Wildman–Crippen MR) is 28.4 cm³/mol. The monoisotopic (exact) mass is 218 g/mol. The Morgan fingerprint density at radius 2 is 2.60 bits per heavy atom. The third-order valence-corrected chi connectivity index (χ3v) is 8.74. The van der Waals surface area contributed by atoms with Gasteiger partial charge in [0.2, 0.25) is 0 Å². The fourth-order valence-corrected chi connectivity index (χ4v) is 8.22. The summed E-state index contributed by atoms with van der Waals surface area (Å²) < 4.78 is 2.40. The first-order valence-corrected chi connectivity index (χ1v) is 7.58. The van der Waals surface area contributed by atoms with Gasteiger partial charge in [0.25, 0.3) is 0 Å². The summed E-state index contributed by atoms with van der Waals surface area (Å²) in [6.45, 7) is 0. The van der Waals surface area contributed by atoms with E-state index in [0.29, 0.717) is 19.9 Å². The van der Waals surface area contributed by atoms with Gasteiger partial charge in [-0.15, -0.1) is 0 Å². The maximum absolute atomic E-state index is 2.40. The summed E-state index contributed by atoms with van der Waals surface area (Å²) in [6.07, 6.45) is 0. The molecule has 0 aliphatic rings. The van der Waals surface area contributed by atoms with E-state index in [-0.39, 0.29) is 0 Å². The van der Waals surface area contributed by atoms with Crippen LogP contribution in [0.4, 0.5) is 0 Å². The quantitative estimate of drug-likeness (QED) is 0.580. The molecular formula is C2H2P2Te. The zero-order valence-corrected chi connectivity index (χ0v) is 6.58. The molecule has 0 nitrogen and oxygen atoms in total. The summed E-state index contributed by atoms with van der Waals surface area (Å²) in [5, 5.41) is 0. The normalized spacial score (nSPS) is 11.2. The second-order valence-electron chi connectivity index (χ2n) is 0.581. The van der Waals surface area contributed by atoms with Gasteiger partial charge in [0.1, 0.15) is 0 Å². The molecule has 1 aromatic rings. The van der Waals surface area contributed by atoms with Gasteiger partial charge >= 0.3 is 43.2 Å². The molecule has 1 heterocycles. The van der Waals surface area contributed by atoms with Crippen LogP contribution in [0.1, 0.15) is 0 Å². The van der Waals surface area contributed by atoms with Crippen LogP contribution >= 0.6 is 14.0 Å². The summed E-state index contributed by atoms with van der Waals surface area (Å²) in [7, 11) is 1.49. The Kier molecular flexibility index (Phi) is 2.00. The summed E-state index contributed by atoms with van der Waals surface area (Å²) >= 11 is 0.384. The van der Waals surface area contributed by atoms with Gasteiger partial charge in [-0.3, -0.25) is 0 Å². The van der Waals surface area contributed by atoms with E-state index < -0.39 is 0 Å². The Balaban J connectivity index is 3.13. The van der Waals surface area contributed by atoms with Crippen LogP contribution in [0, 0.1) is 0 Å². The standard InChI is InChI=1S/C2H2P2Te/c1-3-2-5-4-1/h1-2H. The van der Waals surface area contributed by atoms with Crippen LogP contribution < -0.4 is 0 Å². The van der Waals surface area contributed by atoms with Crippen LogP contribution in [0.3, 0.4) is 0 Å². The second kappa shape index (κ2) is 2.33. The average molecular weight is 216 g/mol. The maximum atomic E-state index is 2.40. The fourth-order valence-electron chi connectivity index (χ4n) is 0.136. The van der Waals surface area contributed by atoms with E-state index in [1.807, 2.05) is 0 Å². The molecule has 0 atom stereocenters. The fraction of sp³-hybridized carbons (Fsp3) is 0. The van der Waals surface area contributed by atoms with Crippen molar-refractivity contribution < 1.29 is 0 Å². The van der Waals surface area contributed by atoms with Gasteiger partial charge in [-0.05, 0) is 0 Å². The predicted octanol–water partition coefficient (Wildman–Crippen LogP) is 1.90. The van der Waals surface area contributed by atoms with E-state index in [1.54, 1.807) is 5.84 Å². The number of hydrogen-bond donors (Lipinski definition) is 0. The van der Waals surface area contributed by atoms with Gasteiger partial charge in [-0.1, -0.05) is 0 Å². The Labute approximate surface area is 43.4 Å². The van der Waals surface area contributed by atoms with Crippen molar-refractivity contribution in [2.45, 2.75) is 0 Å². The third kappa shape index (κ3) is 1.34. The molecule has 0 saturated carbocycles. The molecule has 5 heavy (non-hydrogen) atoms. The molecule has 0 aromatic carbocycles. The van der Waals surface area contributed by atoms with Crippen molar-refractivity contribution in [3.8, 4) is 0 Å². The van der Waals surface area contributed by atoms with Gasteiger partial charge in [-0.25, -0.2) is 0 Å². The minimum absolute atomic E-state index is 0.384. The molecular weight excluding hydrogens is 214 g/mol. The van der Waals surface area contributed by atoms with Gasteiger partial charge < -0.3 is 0 Å². The van der Waals surface area contributed by atoms with Crippen LogP contribution in [-0.4, -0.2) is 19.9 Å². The molecule has 0 radical (unpaired) electrons. The number of hydrogen-bond acceptors (Lipinski definition) is 0. The van der Waals surface area contributed by atoms with Crippen LogP contribution in [0.25, 0.3) is 0 Å². The molecule has 0 bridgehead atoms. The molecule has 0 N–H and O–H groups in total. The van der Waals surface area contributed by atoms with Crippen molar-refractivity contribution in [3.05, 3.63) is 9.34 Å². The second-order valence-corrected chi connectivity index (χ2v) is 7.85. The van der Waals surface area contributed by atoms with E-state index in [1.165, 1.54) is 8.19 Å². The summed E-state index contributed by atoms with van der Waals surface area (Å²) in [6, 6.07) is 0. The first-order chi connectivity index (χ1) is 2.50. The SMILES string of the molecule is c1pc[te]p1. The molecule has 0 aliphatic heterocycles.